The third-order valence-corrected chi connectivity index (χ3v) is 3.70. The maximum absolute atomic E-state index is 12.1. The fourth-order valence-corrected chi connectivity index (χ4v) is 2.73. The smallest absolute Gasteiger partial charge is 0.235 e. The van der Waals surface area contributed by atoms with Crippen molar-refractivity contribution in [3.05, 3.63) is 27.1 Å². The minimum absolute atomic E-state index is 0.0763. The largest absolute Gasteiger partial charge is 0.409 e. The Bertz CT molecular complexity index is 492. The zero-order chi connectivity index (χ0) is 14.4. The summed E-state index contributed by atoms with van der Waals surface area (Å²) in [6, 6.07) is 5.41. The Morgan fingerprint density at radius 2 is 2.21 bits per heavy atom. The number of halogens is 2. The minimum Gasteiger partial charge on any atom is -0.409 e. The number of oxime groups is 1. The molecule has 0 spiro atoms. The molecular formula is C12H15Br2N3O2. The normalized spacial score (nSPS) is 13.1. The van der Waals surface area contributed by atoms with Crippen molar-refractivity contribution < 1.29 is 10.0 Å². The van der Waals surface area contributed by atoms with Crippen molar-refractivity contribution in [2.75, 3.05) is 5.32 Å². The Kier molecular flexibility index (Phi) is 6.30. The average molecular weight is 393 g/mol. The lowest BCUT2D eigenvalue weighted by Gasteiger charge is -2.15. The topological polar surface area (TPSA) is 87.7 Å². The van der Waals surface area contributed by atoms with Gasteiger partial charge in [0, 0.05) is 8.95 Å². The summed E-state index contributed by atoms with van der Waals surface area (Å²) in [5.74, 6) is -1.00. The summed E-state index contributed by atoms with van der Waals surface area (Å²) in [5.41, 5.74) is 6.18. The molecule has 1 aromatic rings. The van der Waals surface area contributed by atoms with Crippen LogP contribution in [0.15, 0.2) is 32.3 Å². The fourth-order valence-electron chi connectivity index (χ4n) is 1.58. The van der Waals surface area contributed by atoms with Gasteiger partial charge < -0.3 is 16.3 Å². The maximum atomic E-state index is 12.1. The molecule has 0 aliphatic carbocycles. The number of nitrogens with zero attached hydrogens (tertiary/aromatic N) is 1. The van der Waals surface area contributed by atoms with Crippen LogP contribution in [0.1, 0.15) is 19.8 Å². The van der Waals surface area contributed by atoms with E-state index in [-0.39, 0.29) is 11.7 Å². The molecule has 5 nitrogen and oxygen atoms in total. The predicted molar refractivity (Wildman–Crippen MR) is 82.3 cm³/mol. The maximum Gasteiger partial charge on any atom is 0.235 e. The van der Waals surface area contributed by atoms with Gasteiger partial charge in [-0.1, -0.05) is 34.4 Å². The zero-order valence-electron chi connectivity index (χ0n) is 10.4. The van der Waals surface area contributed by atoms with Crippen molar-refractivity contribution in [3.63, 3.8) is 0 Å². The number of carbonyl (C=O) groups excluding carboxylic acids is 1. The van der Waals surface area contributed by atoms with Gasteiger partial charge in [0.05, 0.1) is 11.6 Å². The third kappa shape index (κ3) is 4.50. The Morgan fingerprint density at radius 3 is 2.74 bits per heavy atom. The molecule has 0 saturated heterocycles. The van der Waals surface area contributed by atoms with Gasteiger partial charge in [-0.3, -0.25) is 4.79 Å². The molecule has 1 aromatic carbocycles. The van der Waals surface area contributed by atoms with Crippen LogP contribution in [0.3, 0.4) is 0 Å². The highest BCUT2D eigenvalue weighted by Gasteiger charge is 2.22. The number of rotatable bonds is 5. The molecule has 0 bridgehead atoms. The zero-order valence-corrected chi connectivity index (χ0v) is 13.5. The van der Waals surface area contributed by atoms with E-state index in [1.165, 1.54) is 0 Å². The van der Waals surface area contributed by atoms with Gasteiger partial charge in [0.25, 0.3) is 0 Å². The van der Waals surface area contributed by atoms with Gasteiger partial charge in [0.15, 0.2) is 5.84 Å². The number of amides is 1. The monoisotopic (exact) mass is 391 g/mol. The molecule has 0 aromatic heterocycles. The second kappa shape index (κ2) is 7.49. The second-order valence-electron chi connectivity index (χ2n) is 3.98. The minimum atomic E-state index is -0.634. The molecule has 0 fully saturated rings. The third-order valence-electron chi connectivity index (χ3n) is 2.56. The van der Waals surface area contributed by atoms with Gasteiger partial charge in [-0.2, -0.15) is 0 Å². The van der Waals surface area contributed by atoms with Crippen molar-refractivity contribution in [3.8, 4) is 0 Å². The Hall–Kier alpha value is -1.08. The standard InChI is InChI=1S/C12H15Br2N3O2/c1-2-3-8(11(15)17-19)12(18)16-10-5-4-7(13)6-9(10)14/h4-6,8,19H,2-3H2,1H3,(H2,15,17)(H,16,18). The lowest BCUT2D eigenvalue weighted by Crippen LogP contribution is -2.34. The molecule has 0 aliphatic rings. The van der Waals surface area contributed by atoms with Crippen LogP contribution in [0.2, 0.25) is 0 Å². The van der Waals surface area contributed by atoms with Crippen LogP contribution in [0.25, 0.3) is 0 Å². The van der Waals surface area contributed by atoms with E-state index < -0.39 is 5.92 Å². The first kappa shape index (κ1) is 16.0. The highest BCUT2D eigenvalue weighted by Crippen LogP contribution is 2.26. The van der Waals surface area contributed by atoms with Crippen LogP contribution in [-0.4, -0.2) is 17.0 Å². The van der Waals surface area contributed by atoms with E-state index in [4.69, 9.17) is 10.9 Å². The van der Waals surface area contributed by atoms with E-state index in [9.17, 15) is 4.79 Å². The highest BCUT2D eigenvalue weighted by molar-refractivity contribution is 9.11. The van der Waals surface area contributed by atoms with E-state index in [0.717, 1.165) is 15.4 Å². The van der Waals surface area contributed by atoms with E-state index >= 15 is 0 Å². The van der Waals surface area contributed by atoms with Gasteiger partial charge in [-0.25, -0.2) is 0 Å². The van der Waals surface area contributed by atoms with Crippen LogP contribution < -0.4 is 11.1 Å². The van der Waals surface area contributed by atoms with E-state index in [1.54, 1.807) is 6.07 Å². The fraction of sp³-hybridized carbons (Fsp3) is 0.333. The van der Waals surface area contributed by atoms with Gasteiger partial charge in [-0.05, 0) is 40.5 Å². The van der Waals surface area contributed by atoms with Crippen molar-refractivity contribution >= 4 is 49.3 Å². The van der Waals surface area contributed by atoms with Crippen LogP contribution in [0.5, 0.6) is 0 Å². The summed E-state index contributed by atoms with van der Waals surface area (Å²) >= 11 is 6.70. The Morgan fingerprint density at radius 1 is 1.53 bits per heavy atom. The average Bonchev–Trinajstić information content (AvgIpc) is 2.38. The van der Waals surface area contributed by atoms with Gasteiger partial charge >= 0.3 is 0 Å². The summed E-state index contributed by atoms with van der Waals surface area (Å²) in [7, 11) is 0. The van der Waals surface area contributed by atoms with Crippen LogP contribution in [-0.2, 0) is 4.79 Å². The predicted octanol–water partition coefficient (Wildman–Crippen LogP) is 3.31. The lowest BCUT2D eigenvalue weighted by atomic mass is 10.0. The number of anilines is 1. The van der Waals surface area contributed by atoms with Crippen LogP contribution in [0.4, 0.5) is 5.69 Å². The van der Waals surface area contributed by atoms with E-state index in [0.29, 0.717) is 12.1 Å². The van der Waals surface area contributed by atoms with Crippen molar-refractivity contribution in [1.29, 1.82) is 0 Å². The van der Waals surface area contributed by atoms with Crippen molar-refractivity contribution in [2.24, 2.45) is 16.8 Å². The molecule has 1 amide bonds. The van der Waals surface area contributed by atoms with Gasteiger partial charge in [0.2, 0.25) is 5.91 Å². The molecule has 4 N–H and O–H groups in total. The quantitative estimate of drug-likeness (QED) is 0.311. The molecule has 0 heterocycles. The SMILES string of the molecule is CCCC(C(=O)Nc1ccc(Br)cc1Br)C(N)=NO. The molecular weight excluding hydrogens is 378 g/mol. The summed E-state index contributed by atoms with van der Waals surface area (Å²) in [5, 5.41) is 14.4. The van der Waals surface area contributed by atoms with Crippen LogP contribution >= 0.6 is 31.9 Å². The van der Waals surface area contributed by atoms with E-state index in [2.05, 4.69) is 42.3 Å². The van der Waals surface area contributed by atoms with Crippen molar-refractivity contribution in [1.82, 2.24) is 0 Å². The first-order chi connectivity index (χ1) is 8.99. The molecule has 1 rings (SSSR count). The van der Waals surface area contributed by atoms with Gasteiger partial charge in [0.1, 0.15) is 0 Å². The first-order valence-electron chi connectivity index (χ1n) is 5.73. The van der Waals surface area contributed by atoms with E-state index in [1.807, 2.05) is 19.1 Å². The molecule has 0 radical (unpaired) electrons. The molecule has 7 heteroatoms. The Balaban J connectivity index is 2.87. The van der Waals surface area contributed by atoms with Crippen LogP contribution in [0, 0.1) is 5.92 Å². The molecule has 1 atom stereocenters. The number of hydrogen-bond donors (Lipinski definition) is 3. The number of hydrogen-bond acceptors (Lipinski definition) is 3. The summed E-state index contributed by atoms with van der Waals surface area (Å²) in [6.07, 6.45) is 1.28. The van der Waals surface area contributed by atoms with Gasteiger partial charge in [-0.15, -0.1) is 0 Å². The number of amidine groups is 1. The second-order valence-corrected chi connectivity index (χ2v) is 5.75. The van der Waals surface area contributed by atoms with Crippen molar-refractivity contribution in [2.45, 2.75) is 19.8 Å². The number of carbonyl (C=O) groups is 1. The summed E-state index contributed by atoms with van der Waals surface area (Å²) < 4.78 is 1.66. The Labute approximate surface area is 128 Å². The first-order valence-corrected chi connectivity index (χ1v) is 7.31. The molecule has 104 valence electrons. The summed E-state index contributed by atoms with van der Waals surface area (Å²) in [6.45, 7) is 1.93. The molecule has 0 aliphatic heterocycles. The molecule has 0 saturated carbocycles. The molecule has 1 unspecified atom stereocenters. The number of benzene rings is 1. The lowest BCUT2D eigenvalue weighted by molar-refractivity contribution is -0.118. The number of nitrogens with one attached hydrogen (secondary N) is 1. The molecule has 19 heavy (non-hydrogen) atoms. The summed E-state index contributed by atoms with van der Waals surface area (Å²) in [4.78, 5) is 12.1. The highest BCUT2D eigenvalue weighted by atomic mass is 79.9. The number of nitrogens with two attached hydrogens (primary N) is 1.